The van der Waals surface area contributed by atoms with Crippen LogP contribution >= 0.6 is 0 Å². The van der Waals surface area contributed by atoms with Crippen molar-refractivity contribution in [3.63, 3.8) is 0 Å². The van der Waals surface area contributed by atoms with E-state index in [4.69, 9.17) is 4.74 Å². The first-order valence-electron chi connectivity index (χ1n) is 5.64. The van der Waals surface area contributed by atoms with Gasteiger partial charge in [0.1, 0.15) is 11.5 Å². The minimum absolute atomic E-state index is 0.103. The Morgan fingerprint density at radius 2 is 2.16 bits per heavy atom. The molecule has 0 heterocycles. The smallest absolute Gasteiger partial charge is 0.387 e. The highest BCUT2D eigenvalue weighted by Gasteiger charge is 2.13. The number of halogens is 2. The summed E-state index contributed by atoms with van der Waals surface area (Å²) in [6, 6.07) is 4.22. The monoisotopic (exact) mass is 274 g/mol. The second kappa shape index (κ2) is 7.52. The van der Waals surface area contributed by atoms with Crippen molar-refractivity contribution >= 4 is 11.6 Å². The van der Waals surface area contributed by atoms with Gasteiger partial charge in [-0.3, -0.25) is 4.79 Å². The van der Waals surface area contributed by atoms with Crippen LogP contribution in [0.4, 0.5) is 14.5 Å². The van der Waals surface area contributed by atoms with Crippen molar-refractivity contribution in [1.82, 2.24) is 5.32 Å². The summed E-state index contributed by atoms with van der Waals surface area (Å²) in [5.74, 6) is 0.0286. The number of hydrogen-bond acceptors (Lipinski definition) is 4. The lowest BCUT2D eigenvalue weighted by Crippen LogP contribution is -2.19. The van der Waals surface area contributed by atoms with E-state index >= 15 is 0 Å². The fraction of sp³-hybridized carbons (Fsp3) is 0.417. The SMILES string of the molecule is CNCCC(=O)Nc1cc(OC)ccc1OC(F)F. The summed E-state index contributed by atoms with van der Waals surface area (Å²) < 4.78 is 33.8. The summed E-state index contributed by atoms with van der Waals surface area (Å²) in [5.41, 5.74) is 0.153. The molecule has 0 aliphatic rings. The van der Waals surface area contributed by atoms with E-state index in [1.165, 1.54) is 25.3 Å². The number of carbonyl (C=O) groups is 1. The quantitative estimate of drug-likeness (QED) is 0.796. The lowest BCUT2D eigenvalue weighted by Gasteiger charge is -2.13. The van der Waals surface area contributed by atoms with Crippen molar-refractivity contribution in [1.29, 1.82) is 0 Å². The predicted molar refractivity (Wildman–Crippen MR) is 66.8 cm³/mol. The molecule has 0 bridgehead atoms. The Kier molecular flexibility index (Phi) is 6.01. The van der Waals surface area contributed by atoms with Gasteiger partial charge in [0, 0.05) is 19.0 Å². The lowest BCUT2D eigenvalue weighted by molar-refractivity contribution is -0.116. The third-order valence-electron chi connectivity index (χ3n) is 2.28. The average Bonchev–Trinajstić information content (AvgIpc) is 2.37. The molecule has 0 saturated heterocycles. The molecule has 106 valence electrons. The second-order valence-electron chi connectivity index (χ2n) is 3.64. The summed E-state index contributed by atoms with van der Waals surface area (Å²) in [7, 11) is 3.15. The van der Waals surface area contributed by atoms with Crippen LogP contribution in [0.15, 0.2) is 18.2 Å². The molecule has 0 spiro atoms. The van der Waals surface area contributed by atoms with Crippen molar-refractivity contribution < 1.29 is 23.0 Å². The van der Waals surface area contributed by atoms with Gasteiger partial charge in [0.05, 0.1) is 12.8 Å². The average molecular weight is 274 g/mol. The molecule has 1 amide bonds. The van der Waals surface area contributed by atoms with Crippen molar-refractivity contribution in [2.45, 2.75) is 13.0 Å². The number of anilines is 1. The van der Waals surface area contributed by atoms with Crippen molar-refractivity contribution in [2.24, 2.45) is 0 Å². The Balaban J connectivity index is 2.84. The van der Waals surface area contributed by atoms with Gasteiger partial charge < -0.3 is 20.1 Å². The summed E-state index contributed by atoms with van der Waals surface area (Å²) in [5, 5.41) is 5.33. The number of carbonyl (C=O) groups excluding carboxylic acids is 1. The first-order chi connectivity index (χ1) is 9.06. The molecule has 1 rings (SSSR count). The topological polar surface area (TPSA) is 59.6 Å². The maximum Gasteiger partial charge on any atom is 0.387 e. The molecule has 0 aromatic heterocycles. The molecule has 0 atom stereocenters. The zero-order chi connectivity index (χ0) is 14.3. The van der Waals surface area contributed by atoms with E-state index < -0.39 is 6.61 Å². The number of ether oxygens (including phenoxy) is 2. The molecule has 1 aromatic carbocycles. The Morgan fingerprint density at radius 1 is 1.42 bits per heavy atom. The lowest BCUT2D eigenvalue weighted by atomic mass is 10.2. The van der Waals surface area contributed by atoms with Crippen molar-refractivity contribution in [3.05, 3.63) is 18.2 Å². The third-order valence-corrected chi connectivity index (χ3v) is 2.28. The zero-order valence-corrected chi connectivity index (χ0v) is 10.7. The Bertz CT molecular complexity index is 427. The molecule has 19 heavy (non-hydrogen) atoms. The van der Waals surface area contributed by atoms with Gasteiger partial charge in [-0.2, -0.15) is 8.78 Å². The van der Waals surface area contributed by atoms with Gasteiger partial charge in [0.2, 0.25) is 5.91 Å². The fourth-order valence-electron chi connectivity index (χ4n) is 1.38. The highest BCUT2D eigenvalue weighted by molar-refractivity contribution is 5.92. The van der Waals surface area contributed by atoms with Gasteiger partial charge in [-0.1, -0.05) is 0 Å². The summed E-state index contributed by atoms with van der Waals surface area (Å²) in [4.78, 5) is 11.6. The number of benzene rings is 1. The fourth-order valence-corrected chi connectivity index (χ4v) is 1.38. The number of methoxy groups -OCH3 is 1. The minimum atomic E-state index is -2.96. The van der Waals surface area contributed by atoms with Crippen LogP contribution in [0.2, 0.25) is 0 Å². The van der Waals surface area contributed by atoms with Gasteiger partial charge in [-0.15, -0.1) is 0 Å². The molecule has 0 fully saturated rings. The van der Waals surface area contributed by atoms with Crippen LogP contribution in [0.1, 0.15) is 6.42 Å². The van der Waals surface area contributed by atoms with E-state index in [-0.39, 0.29) is 23.8 Å². The normalized spacial score (nSPS) is 10.4. The predicted octanol–water partition coefficient (Wildman–Crippen LogP) is 1.84. The van der Waals surface area contributed by atoms with Crippen LogP contribution in [0.3, 0.4) is 0 Å². The van der Waals surface area contributed by atoms with E-state index in [1.54, 1.807) is 7.05 Å². The molecule has 1 aromatic rings. The molecule has 5 nitrogen and oxygen atoms in total. The highest BCUT2D eigenvalue weighted by Crippen LogP contribution is 2.30. The van der Waals surface area contributed by atoms with E-state index in [0.29, 0.717) is 12.3 Å². The van der Waals surface area contributed by atoms with E-state index in [2.05, 4.69) is 15.4 Å². The summed E-state index contributed by atoms with van der Waals surface area (Å²) in [6.07, 6.45) is 0.224. The molecule has 2 N–H and O–H groups in total. The minimum Gasteiger partial charge on any atom is -0.497 e. The number of nitrogens with one attached hydrogen (secondary N) is 2. The summed E-state index contributed by atoms with van der Waals surface area (Å²) >= 11 is 0. The second-order valence-corrected chi connectivity index (χ2v) is 3.64. The van der Waals surface area contributed by atoms with Crippen LogP contribution in [0, 0.1) is 0 Å². The van der Waals surface area contributed by atoms with E-state index in [9.17, 15) is 13.6 Å². The molecule has 0 aliphatic carbocycles. The zero-order valence-electron chi connectivity index (χ0n) is 10.7. The number of amides is 1. The van der Waals surface area contributed by atoms with E-state index in [0.717, 1.165) is 0 Å². The van der Waals surface area contributed by atoms with Gasteiger partial charge in [-0.25, -0.2) is 0 Å². The number of hydrogen-bond donors (Lipinski definition) is 2. The molecule has 0 saturated carbocycles. The molecule has 0 aliphatic heterocycles. The maximum absolute atomic E-state index is 12.2. The third kappa shape index (κ3) is 5.09. The maximum atomic E-state index is 12.2. The molecule has 0 radical (unpaired) electrons. The Labute approximate surface area is 109 Å². The van der Waals surface area contributed by atoms with E-state index in [1.807, 2.05) is 0 Å². The van der Waals surface area contributed by atoms with Crippen LogP contribution in [-0.4, -0.2) is 33.2 Å². The van der Waals surface area contributed by atoms with Crippen LogP contribution in [0.25, 0.3) is 0 Å². The standard InChI is InChI=1S/C12H16F2N2O3/c1-15-6-5-11(17)16-9-7-8(18-2)3-4-10(9)19-12(13)14/h3-4,7,12,15H,5-6H2,1-2H3,(H,16,17). The van der Waals surface area contributed by atoms with Gasteiger partial charge in [0.15, 0.2) is 0 Å². The van der Waals surface area contributed by atoms with Crippen molar-refractivity contribution in [2.75, 3.05) is 26.0 Å². The van der Waals surface area contributed by atoms with Crippen molar-refractivity contribution in [3.8, 4) is 11.5 Å². The first-order valence-corrected chi connectivity index (χ1v) is 5.64. The Morgan fingerprint density at radius 3 is 2.74 bits per heavy atom. The van der Waals surface area contributed by atoms with Gasteiger partial charge in [-0.05, 0) is 19.2 Å². The van der Waals surface area contributed by atoms with Gasteiger partial charge >= 0.3 is 6.61 Å². The molecular weight excluding hydrogens is 258 g/mol. The molecule has 0 unspecified atom stereocenters. The van der Waals surface area contributed by atoms with Gasteiger partial charge in [0.25, 0.3) is 0 Å². The first kappa shape index (κ1) is 15.2. The van der Waals surface area contributed by atoms with Crippen LogP contribution in [0.5, 0.6) is 11.5 Å². The largest absolute Gasteiger partial charge is 0.497 e. The number of rotatable bonds is 7. The Hall–Kier alpha value is -1.89. The van der Waals surface area contributed by atoms with Crippen LogP contribution in [-0.2, 0) is 4.79 Å². The summed E-state index contributed by atoms with van der Waals surface area (Å²) in [6.45, 7) is -2.47. The molecule has 7 heteroatoms. The van der Waals surface area contributed by atoms with Crippen LogP contribution < -0.4 is 20.1 Å². The number of alkyl halides is 2. The molecular formula is C12H16F2N2O3. The highest BCUT2D eigenvalue weighted by atomic mass is 19.3.